The first kappa shape index (κ1) is 15.8. The van der Waals surface area contributed by atoms with Crippen molar-refractivity contribution in [2.75, 3.05) is 33.0 Å². The highest BCUT2D eigenvalue weighted by atomic mass is 35.5. The van der Waals surface area contributed by atoms with Crippen molar-refractivity contribution < 1.29 is 29.3 Å². The quantitative estimate of drug-likeness (QED) is 0.327. The largest absolute Gasteiger partial charge is 0.394 e. The Balaban J connectivity index is 3.88. The molecule has 0 amide bonds. The van der Waals surface area contributed by atoms with Crippen molar-refractivity contribution in [2.24, 2.45) is 0 Å². The van der Waals surface area contributed by atoms with E-state index in [0.29, 0.717) is 0 Å². The first-order valence-corrected chi connectivity index (χ1v) is 5.09. The van der Waals surface area contributed by atoms with Crippen molar-refractivity contribution in [1.29, 1.82) is 0 Å². The van der Waals surface area contributed by atoms with Crippen molar-refractivity contribution in [1.82, 2.24) is 0 Å². The van der Waals surface area contributed by atoms with E-state index in [1.807, 2.05) is 0 Å². The molecule has 16 heavy (non-hydrogen) atoms. The predicted molar refractivity (Wildman–Crippen MR) is 55.4 cm³/mol. The van der Waals surface area contributed by atoms with Gasteiger partial charge in [-0.1, -0.05) is 0 Å². The maximum Gasteiger partial charge on any atom is 0.264 e. The molecule has 0 aromatic carbocycles. The molecule has 0 radical (unpaired) electrons. The first-order valence-electron chi connectivity index (χ1n) is 4.33. The summed E-state index contributed by atoms with van der Waals surface area (Å²) in [5.74, 6) is 0. The molecule has 0 unspecified atom stereocenters. The maximum atomic E-state index is 10.7. The molecule has 0 aliphatic rings. The number of hydrogen-bond donors (Lipinski definition) is 2. The van der Waals surface area contributed by atoms with Gasteiger partial charge in [0.05, 0.1) is 33.0 Å². The van der Waals surface area contributed by atoms with Crippen LogP contribution in [0.25, 0.3) is 0 Å². The number of carbonyl (C=O) groups excluding carboxylic acids is 2. The molecule has 0 bridgehead atoms. The van der Waals surface area contributed by atoms with E-state index in [-0.39, 0.29) is 26.4 Å². The van der Waals surface area contributed by atoms with Crippen LogP contribution in [0.3, 0.4) is 0 Å². The summed E-state index contributed by atoms with van der Waals surface area (Å²) in [6.45, 7) is -0.443. The second kappa shape index (κ2) is 7.94. The minimum Gasteiger partial charge on any atom is -0.394 e. The molecule has 0 fully saturated rings. The van der Waals surface area contributed by atoms with Crippen molar-refractivity contribution in [2.45, 2.75) is 5.60 Å². The predicted octanol–water partition coefficient (Wildman–Crippen LogP) is -0.726. The summed E-state index contributed by atoms with van der Waals surface area (Å²) in [7, 11) is 0. The highest BCUT2D eigenvalue weighted by Crippen LogP contribution is 2.14. The molecule has 2 N–H and O–H groups in total. The SMILES string of the molecule is O=C(Cl)C(O)(COCCOCCO)C(=O)Cl. The molecular formula is C8H12Cl2O6. The molecule has 0 aliphatic carbocycles. The van der Waals surface area contributed by atoms with Crippen LogP contribution >= 0.6 is 23.2 Å². The van der Waals surface area contributed by atoms with Gasteiger partial charge >= 0.3 is 0 Å². The van der Waals surface area contributed by atoms with Gasteiger partial charge in [-0.05, 0) is 23.2 Å². The van der Waals surface area contributed by atoms with E-state index >= 15 is 0 Å². The summed E-state index contributed by atoms with van der Waals surface area (Å²) in [4.78, 5) is 21.5. The Morgan fingerprint density at radius 2 is 1.56 bits per heavy atom. The third kappa shape index (κ3) is 5.20. The van der Waals surface area contributed by atoms with Crippen molar-refractivity contribution in [3.8, 4) is 0 Å². The third-order valence-electron chi connectivity index (χ3n) is 1.57. The van der Waals surface area contributed by atoms with Crippen LogP contribution in [0, 0.1) is 0 Å². The number of aliphatic hydroxyl groups is 2. The summed E-state index contributed by atoms with van der Waals surface area (Å²) in [5, 5.41) is 15.2. The lowest BCUT2D eigenvalue weighted by molar-refractivity contribution is -0.147. The molecule has 0 aliphatic heterocycles. The second-order valence-corrected chi connectivity index (χ2v) is 3.48. The van der Waals surface area contributed by atoms with E-state index in [1.54, 1.807) is 0 Å². The molecule has 0 atom stereocenters. The van der Waals surface area contributed by atoms with Crippen LogP contribution in [-0.4, -0.2) is 59.3 Å². The lowest BCUT2D eigenvalue weighted by Gasteiger charge is -2.18. The number of halogens is 2. The molecule has 0 saturated carbocycles. The van der Waals surface area contributed by atoms with Gasteiger partial charge in [-0.2, -0.15) is 0 Å². The van der Waals surface area contributed by atoms with Gasteiger partial charge in [0, 0.05) is 0 Å². The van der Waals surface area contributed by atoms with Gasteiger partial charge in [-0.15, -0.1) is 0 Å². The van der Waals surface area contributed by atoms with Crippen molar-refractivity contribution >= 4 is 33.7 Å². The zero-order valence-electron chi connectivity index (χ0n) is 8.32. The van der Waals surface area contributed by atoms with Crippen LogP contribution in [0.15, 0.2) is 0 Å². The van der Waals surface area contributed by atoms with Gasteiger partial charge in [0.2, 0.25) is 5.60 Å². The van der Waals surface area contributed by atoms with Crippen LogP contribution in [0.2, 0.25) is 0 Å². The Morgan fingerprint density at radius 3 is 2.00 bits per heavy atom. The fourth-order valence-corrected chi connectivity index (χ4v) is 1.02. The molecule has 0 rings (SSSR count). The topological polar surface area (TPSA) is 93.1 Å². The summed E-state index contributed by atoms with van der Waals surface area (Å²) >= 11 is 10.0. The minimum atomic E-state index is -2.53. The lowest BCUT2D eigenvalue weighted by Crippen LogP contribution is -2.46. The Bertz CT molecular complexity index is 231. The van der Waals surface area contributed by atoms with Crippen LogP contribution in [-0.2, 0) is 19.1 Å². The fourth-order valence-electron chi connectivity index (χ4n) is 0.695. The Morgan fingerprint density at radius 1 is 1.06 bits per heavy atom. The molecule has 0 aromatic rings. The van der Waals surface area contributed by atoms with Gasteiger partial charge in [-0.3, -0.25) is 9.59 Å². The molecule has 0 aromatic heterocycles. The van der Waals surface area contributed by atoms with Crippen LogP contribution in [0.1, 0.15) is 0 Å². The Labute approximate surface area is 102 Å². The molecule has 94 valence electrons. The lowest BCUT2D eigenvalue weighted by atomic mass is 10.1. The smallest absolute Gasteiger partial charge is 0.264 e. The first-order chi connectivity index (χ1) is 7.45. The maximum absolute atomic E-state index is 10.7. The number of ether oxygens (including phenoxy) is 2. The molecule has 0 saturated heterocycles. The number of rotatable bonds is 9. The molecule has 8 heteroatoms. The van der Waals surface area contributed by atoms with E-state index in [0.717, 1.165) is 0 Å². The zero-order valence-corrected chi connectivity index (χ0v) is 9.83. The number of hydrogen-bond acceptors (Lipinski definition) is 6. The van der Waals surface area contributed by atoms with Gasteiger partial charge in [0.25, 0.3) is 10.5 Å². The summed E-state index contributed by atoms with van der Waals surface area (Å²) in [6, 6.07) is 0. The average Bonchev–Trinajstić information content (AvgIpc) is 2.22. The molecule has 6 nitrogen and oxygen atoms in total. The third-order valence-corrected chi connectivity index (χ3v) is 2.19. The van der Waals surface area contributed by atoms with E-state index < -0.39 is 22.7 Å². The van der Waals surface area contributed by atoms with E-state index in [4.69, 9.17) is 37.8 Å². The van der Waals surface area contributed by atoms with Gasteiger partial charge in [0.1, 0.15) is 0 Å². The fraction of sp³-hybridized carbons (Fsp3) is 0.750. The summed E-state index contributed by atoms with van der Waals surface area (Å²) in [6.07, 6.45) is 0. The van der Waals surface area contributed by atoms with Crippen LogP contribution < -0.4 is 0 Å². The van der Waals surface area contributed by atoms with Gasteiger partial charge in [0.15, 0.2) is 0 Å². The molecular weight excluding hydrogens is 263 g/mol. The standard InChI is InChI=1S/C8H12Cl2O6/c9-6(12)8(14,7(10)13)5-16-4-3-15-2-1-11/h11,14H,1-5H2. The highest BCUT2D eigenvalue weighted by molar-refractivity contribution is 6.75. The molecule has 0 spiro atoms. The molecule has 0 heterocycles. The Kier molecular flexibility index (Phi) is 7.82. The summed E-state index contributed by atoms with van der Waals surface area (Å²) < 4.78 is 9.63. The van der Waals surface area contributed by atoms with Gasteiger partial charge < -0.3 is 19.7 Å². The average molecular weight is 275 g/mol. The van der Waals surface area contributed by atoms with Crippen molar-refractivity contribution in [3.63, 3.8) is 0 Å². The van der Waals surface area contributed by atoms with Crippen LogP contribution in [0.5, 0.6) is 0 Å². The minimum absolute atomic E-state index is 0.0245. The Hall–Kier alpha value is -0.240. The van der Waals surface area contributed by atoms with E-state index in [9.17, 15) is 14.7 Å². The number of aliphatic hydroxyl groups excluding tert-OH is 1. The summed E-state index contributed by atoms with van der Waals surface area (Å²) in [5.41, 5.74) is -2.53. The second-order valence-electron chi connectivity index (χ2n) is 2.80. The van der Waals surface area contributed by atoms with Crippen molar-refractivity contribution in [3.05, 3.63) is 0 Å². The number of carbonyl (C=O) groups is 2. The van der Waals surface area contributed by atoms with E-state index in [2.05, 4.69) is 0 Å². The normalized spacial score (nSPS) is 11.5. The van der Waals surface area contributed by atoms with Gasteiger partial charge in [-0.25, -0.2) is 0 Å². The van der Waals surface area contributed by atoms with E-state index in [1.165, 1.54) is 0 Å². The monoisotopic (exact) mass is 274 g/mol. The highest BCUT2D eigenvalue weighted by Gasteiger charge is 2.42. The zero-order chi connectivity index (χ0) is 12.6. The van der Waals surface area contributed by atoms with Crippen LogP contribution in [0.4, 0.5) is 0 Å².